The summed E-state index contributed by atoms with van der Waals surface area (Å²) in [5, 5.41) is 14.8. The predicted molar refractivity (Wildman–Crippen MR) is 140 cm³/mol. The van der Waals surface area contributed by atoms with Crippen LogP contribution in [0.1, 0.15) is 74.6 Å². The van der Waals surface area contributed by atoms with E-state index in [-0.39, 0.29) is 29.2 Å². The Morgan fingerprint density at radius 3 is 2.53 bits per heavy atom. The number of carboxylic acids is 1. The number of carbonyl (C=O) groups excluding carboxylic acids is 1. The summed E-state index contributed by atoms with van der Waals surface area (Å²) in [6.45, 7) is 11.1. The molecule has 1 amide bonds. The minimum Gasteiger partial charge on any atom is -0.481 e. The van der Waals surface area contributed by atoms with E-state index in [0.717, 1.165) is 18.5 Å². The number of amides is 1. The second-order valence-electron chi connectivity index (χ2n) is 10.9. The van der Waals surface area contributed by atoms with Gasteiger partial charge < -0.3 is 14.7 Å². The predicted octanol–water partition coefficient (Wildman–Crippen LogP) is 5.69. The lowest BCUT2D eigenvalue weighted by Crippen LogP contribution is -2.39. The highest BCUT2D eigenvalue weighted by Crippen LogP contribution is 2.37. The number of ether oxygens (including phenoxy) is 1. The minimum absolute atomic E-state index is 0.0493. The van der Waals surface area contributed by atoms with Crippen LogP contribution in [-0.4, -0.2) is 56.8 Å². The second-order valence-corrected chi connectivity index (χ2v) is 11.7. The number of rotatable bonds is 8. The van der Waals surface area contributed by atoms with Crippen LogP contribution in [0.25, 0.3) is 0 Å². The van der Waals surface area contributed by atoms with Gasteiger partial charge in [-0.2, -0.15) is 5.10 Å². The third-order valence-corrected chi connectivity index (χ3v) is 7.61. The van der Waals surface area contributed by atoms with Crippen LogP contribution in [0.4, 0.5) is 0 Å². The molecule has 2 heterocycles. The van der Waals surface area contributed by atoms with Crippen molar-refractivity contribution in [3.05, 3.63) is 39.3 Å². The Hall–Kier alpha value is -2.32. The second kappa shape index (κ2) is 11.4. The van der Waals surface area contributed by atoms with E-state index in [1.165, 1.54) is 13.3 Å². The summed E-state index contributed by atoms with van der Waals surface area (Å²) < 4.78 is 7.12. The SMILES string of the molecule is COc1ncc(Cl)c(CCN(CC(C)(C)C)C(=O)c2cnn([C@@H]3CC[C@@H](C(=O)O)[C@@H](C)C3)c2C)c1Cl. The summed E-state index contributed by atoms with van der Waals surface area (Å²) in [4.78, 5) is 31.2. The molecule has 0 bridgehead atoms. The zero-order valence-corrected chi connectivity index (χ0v) is 23.4. The van der Waals surface area contributed by atoms with E-state index in [2.05, 4.69) is 30.9 Å². The van der Waals surface area contributed by atoms with Gasteiger partial charge in [-0.15, -0.1) is 0 Å². The molecule has 0 radical (unpaired) electrons. The molecule has 2 aromatic heterocycles. The molecule has 1 N–H and O–H groups in total. The molecule has 0 unspecified atom stereocenters. The molecule has 0 aliphatic heterocycles. The monoisotopic (exact) mass is 538 g/mol. The highest BCUT2D eigenvalue weighted by Gasteiger charge is 2.34. The number of aliphatic carboxylic acids is 1. The Balaban J connectivity index is 1.82. The largest absolute Gasteiger partial charge is 0.481 e. The number of halogens is 2. The van der Waals surface area contributed by atoms with Gasteiger partial charge in [-0.05, 0) is 49.5 Å². The van der Waals surface area contributed by atoms with Crippen molar-refractivity contribution >= 4 is 35.1 Å². The Bertz CT molecular complexity index is 1110. The lowest BCUT2D eigenvalue weighted by Gasteiger charge is -2.33. The summed E-state index contributed by atoms with van der Waals surface area (Å²) >= 11 is 12.8. The third kappa shape index (κ3) is 6.32. The van der Waals surface area contributed by atoms with Gasteiger partial charge in [0.25, 0.3) is 5.91 Å². The molecule has 3 atom stereocenters. The Morgan fingerprint density at radius 1 is 1.25 bits per heavy atom. The van der Waals surface area contributed by atoms with Crippen molar-refractivity contribution in [3.63, 3.8) is 0 Å². The van der Waals surface area contributed by atoms with Crippen LogP contribution >= 0.6 is 23.2 Å². The Labute approximate surface area is 222 Å². The van der Waals surface area contributed by atoms with Crippen molar-refractivity contribution in [3.8, 4) is 5.88 Å². The molecule has 0 aromatic carbocycles. The average Bonchev–Trinajstić information content (AvgIpc) is 3.17. The molecule has 10 heteroatoms. The first-order chi connectivity index (χ1) is 16.8. The first-order valence-corrected chi connectivity index (χ1v) is 13.0. The molecule has 198 valence electrons. The van der Waals surface area contributed by atoms with Gasteiger partial charge in [0.05, 0.1) is 35.9 Å². The van der Waals surface area contributed by atoms with Crippen LogP contribution in [0.5, 0.6) is 5.88 Å². The maximum absolute atomic E-state index is 13.8. The van der Waals surface area contributed by atoms with Crippen molar-refractivity contribution in [1.82, 2.24) is 19.7 Å². The third-order valence-electron chi connectivity index (χ3n) is 6.89. The number of aromatic nitrogens is 3. The van der Waals surface area contributed by atoms with Gasteiger partial charge >= 0.3 is 5.97 Å². The van der Waals surface area contributed by atoms with Crippen molar-refractivity contribution in [2.45, 2.75) is 66.3 Å². The number of nitrogens with zero attached hydrogens (tertiary/aromatic N) is 4. The molecule has 0 saturated heterocycles. The van der Waals surface area contributed by atoms with Crippen molar-refractivity contribution in [2.24, 2.45) is 17.3 Å². The number of hydrogen-bond donors (Lipinski definition) is 1. The van der Waals surface area contributed by atoms with Crippen LogP contribution in [0.15, 0.2) is 12.4 Å². The van der Waals surface area contributed by atoms with Gasteiger partial charge in [-0.25, -0.2) is 4.98 Å². The quantitative estimate of drug-likeness (QED) is 0.463. The fourth-order valence-electron chi connectivity index (χ4n) is 5.06. The molecule has 1 fully saturated rings. The number of carbonyl (C=O) groups is 2. The van der Waals surface area contributed by atoms with E-state index >= 15 is 0 Å². The van der Waals surface area contributed by atoms with E-state index in [1.807, 2.05) is 23.4 Å². The van der Waals surface area contributed by atoms with Gasteiger partial charge in [0.2, 0.25) is 5.88 Å². The fraction of sp³-hybridized carbons (Fsp3) is 0.615. The van der Waals surface area contributed by atoms with Crippen molar-refractivity contribution in [2.75, 3.05) is 20.2 Å². The van der Waals surface area contributed by atoms with E-state index < -0.39 is 5.97 Å². The van der Waals surface area contributed by atoms with E-state index in [4.69, 9.17) is 27.9 Å². The fourth-order valence-corrected chi connectivity index (χ4v) is 5.66. The molecule has 36 heavy (non-hydrogen) atoms. The standard InChI is InChI=1S/C26H36Cl2N4O4/c1-15-11-17(7-8-18(15)25(34)35)32-16(2)20(12-30-32)24(33)31(14-26(3,4)5)10-9-19-21(27)13-29-23(36-6)22(19)28/h12-13,15,17-18H,7-11,14H2,1-6H3,(H,34,35)/t15-,17+,18+/m0/s1. The molecular formula is C26H36Cl2N4O4. The van der Waals surface area contributed by atoms with Crippen molar-refractivity contribution in [1.29, 1.82) is 0 Å². The van der Waals surface area contributed by atoms with Crippen LogP contribution in [0.3, 0.4) is 0 Å². The molecule has 3 rings (SSSR count). The molecule has 0 spiro atoms. The zero-order valence-electron chi connectivity index (χ0n) is 21.8. The molecule has 2 aromatic rings. The summed E-state index contributed by atoms with van der Waals surface area (Å²) in [5.41, 5.74) is 1.91. The van der Waals surface area contributed by atoms with E-state index in [9.17, 15) is 14.7 Å². The first-order valence-electron chi connectivity index (χ1n) is 12.3. The molecule has 1 saturated carbocycles. The zero-order chi connectivity index (χ0) is 26.8. The lowest BCUT2D eigenvalue weighted by molar-refractivity contribution is -0.145. The molecule has 8 nitrogen and oxygen atoms in total. The van der Waals surface area contributed by atoms with Gasteiger partial charge in [-0.1, -0.05) is 50.9 Å². The molecule has 1 aliphatic rings. The highest BCUT2D eigenvalue weighted by molar-refractivity contribution is 6.36. The van der Waals surface area contributed by atoms with E-state index in [1.54, 1.807) is 6.20 Å². The number of carboxylic acid groups (broad SMARTS) is 1. The van der Waals surface area contributed by atoms with Gasteiger partial charge in [-0.3, -0.25) is 14.3 Å². The van der Waals surface area contributed by atoms with Gasteiger partial charge in [0.15, 0.2) is 0 Å². The molecule has 1 aliphatic carbocycles. The summed E-state index contributed by atoms with van der Waals surface area (Å²) in [5.74, 6) is -0.819. The van der Waals surface area contributed by atoms with Crippen molar-refractivity contribution < 1.29 is 19.4 Å². The molecular weight excluding hydrogens is 503 g/mol. The van der Waals surface area contributed by atoms with Gasteiger partial charge in [0.1, 0.15) is 5.02 Å². The number of hydrogen-bond acceptors (Lipinski definition) is 5. The number of pyridine rings is 1. The van der Waals surface area contributed by atoms with Gasteiger partial charge in [0, 0.05) is 25.0 Å². The summed E-state index contributed by atoms with van der Waals surface area (Å²) in [6, 6.07) is 0.0788. The Morgan fingerprint density at radius 2 is 1.94 bits per heavy atom. The average molecular weight is 540 g/mol. The van der Waals surface area contributed by atoms with E-state index in [0.29, 0.717) is 53.0 Å². The lowest BCUT2D eigenvalue weighted by atomic mass is 9.78. The summed E-state index contributed by atoms with van der Waals surface area (Å²) in [7, 11) is 1.50. The maximum Gasteiger partial charge on any atom is 0.306 e. The normalized spacial score (nSPS) is 20.3. The topological polar surface area (TPSA) is 97.5 Å². The summed E-state index contributed by atoms with van der Waals surface area (Å²) in [6.07, 6.45) is 5.64. The number of methoxy groups -OCH3 is 1. The maximum atomic E-state index is 13.8. The van der Waals surface area contributed by atoms with Crippen LogP contribution < -0.4 is 4.74 Å². The minimum atomic E-state index is -0.737. The Kier molecular flexibility index (Phi) is 8.93. The van der Waals surface area contributed by atoms with Crippen LogP contribution in [0.2, 0.25) is 10.0 Å². The smallest absolute Gasteiger partial charge is 0.306 e. The highest BCUT2D eigenvalue weighted by atomic mass is 35.5. The van der Waals surface area contributed by atoms with Crippen LogP contribution in [-0.2, 0) is 11.2 Å². The van der Waals surface area contributed by atoms with Crippen LogP contribution in [0, 0.1) is 24.2 Å². The first kappa shape index (κ1) is 28.3.